The molecule has 0 bridgehead atoms. The van der Waals surface area contributed by atoms with Gasteiger partial charge < -0.3 is 14.8 Å². The molecule has 2 heterocycles. The zero-order valence-electron chi connectivity index (χ0n) is 13.0. The maximum absolute atomic E-state index is 12.3. The van der Waals surface area contributed by atoms with Crippen molar-refractivity contribution in [2.45, 2.75) is 38.3 Å². The summed E-state index contributed by atoms with van der Waals surface area (Å²) in [4.78, 5) is 26.0. The first-order chi connectivity index (χ1) is 10.6. The third-order valence-electron chi connectivity index (χ3n) is 4.49. The number of piperidine rings is 1. The summed E-state index contributed by atoms with van der Waals surface area (Å²) in [6, 6.07) is 3.71. The molecule has 2 fully saturated rings. The summed E-state index contributed by atoms with van der Waals surface area (Å²) in [6.45, 7) is 2.82. The van der Waals surface area contributed by atoms with E-state index in [0.717, 1.165) is 42.9 Å². The number of amides is 1. The van der Waals surface area contributed by atoms with Crippen LogP contribution in [0, 0.1) is 5.92 Å². The van der Waals surface area contributed by atoms with Gasteiger partial charge in [0.1, 0.15) is 6.54 Å². The van der Waals surface area contributed by atoms with Crippen LogP contribution in [0.2, 0.25) is 0 Å². The van der Waals surface area contributed by atoms with Crippen molar-refractivity contribution in [3.63, 3.8) is 0 Å². The average Bonchev–Trinajstić information content (AvgIpc) is 3.33. The Bertz CT molecular complexity index is 595. The van der Waals surface area contributed by atoms with E-state index < -0.39 is 0 Å². The van der Waals surface area contributed by atoms with Crippen molar-refractivity contribution in [3.8, 4) is 0 Å². The van der Waals surface area contributed by atoms with Crippen molar-refractivity contribution < 1.29 is 4.79 Å². The number of nitrogens with zero attached hydrogens (tertiary/aromatic N) is 2. The molecule has 2 aliphatic rings. The standard InChI is InChI=1S/C16H22BrN3O2.ClH/c17-13-3-4-15(21)20(10-13)11-16(22)19-7-5-14(6-8-19)18-9-12-1-2-12;/h3-4,10,12,14,18H,1-2,5-9,11H2;1H. The highest BCUT2D eigenvalue weighted by Gasteiger charge is 2.26. The lowest BCUT2D eigenvalue weighted by molar-refractivity contribution is -0.133. The van der Waals surface area contributed by atoms with E-state index in [9.17, 15) is 9.59 Å². The highest BCUT2D eigenvalue weighted by Crippen LogP contribution is 2.28. The third-order valence-corrected chi connectivity index (χ3v) is 4.96. The maximum Gasteiger partial charge on any atom is 0.251 e. The molecular formula is C16H23BrClN3O2. The largest absolute Gasteiger partial charge is 0.341 e. The van der Waals surface area contributed by atoms with Crippen LogP contribution in [0.5, 0.6) is 0 Å². The van der Waals surface area contributed by atoms with Gasteiger partial charge in [0.05, 0.1) is 0 Å². The molecule has 23 heavy (non-hydrogen) atoms. The molecule has 1 aromatic rings. The van der Waals surface area contributed by atoms with Crippen LogP contribution in [0.3, 0.4) is 0 Å². The fourth-order valence-electron chi connectivity index (χ4n) is 2.86. The van der Waals surface area contributed by atoms with Gasteiger partial charge in [0, 0.05) is 35.9 Å². The van der Waals surface area contributed by atoms with Crippen molar-refractivity contribution >= 4 is 34.2 Å². The highest BCUT2D eigenvalue weighted by molar-refractivity contribution is 9.10. The Morgan fingerprint density at radius 3 is 2.57 bits per heavy atom. The van der Waals surface area contributed by atoms with Gasteiger partial charge in [-0.3, -0.25) is 9.59 Å². The molecule has 0 spiro atoms. The van der Waals surface area contributed by atoms with E-state index in [1.54, 1.807) is 12.3 Å². The van der Waals surface area contributed by atoms with Gasteiger partial charge in [-0.25, -0.2) is 0 Å². The molecule has 1 N–H and O–H groups in total. The fourth-order valence-corrected chi connectivity index (χ4v) is 3.24. The molecule has 3 rings (SSSR count). The van der Waals surface area contributed by atoms with E-state index in [2.05, 4.69) is 21.2 Å². The van der Waals surface area contributed by atoms with Gasteiger partial charge in [-0.2, -0.15) is 0 Å². The minimum absolute atomic E-state index is 0. The second-order valence-electron chi connectivity index (χ2n) is 6.32. The molecule has 5 nitrogen and oxygen atoms in total. The van der Waals surface area contributed by atoms with Crippen LogP contribution in [0.15, 0.2) is 27.6 Å². The number of rotatable bonds is 5. The zero-order chi connectivity index (χ0) is 15.5. The molecule has 1 saturated carbocycles. The monoisotopic (exact) mass is 403 g/mol. The van der Waals surface area contributed by atoms with Crippen molar-refractivity contribution in [3.05, 3.63) is 33.2 Å². The number of pyridine rings is 1. The van der Waals surface area contributed by atoms with Gasteiger partial charge in [-0.05, 0) is 60.1 Å². The van der Waals surface area contributed by atoms with Crippen LogP contribution in [-0.4, -0.2) is 41.1 Å². The van der Waals surface area contributed by atoms with E-state index in [1.807, 2.05) is 4.90 Å². The Labute approximate surface area is 151 Å². The summed E-state index contributed by atoms with van der Waals surface area (Å²) in [5.41, 5.74) is -0.141. The quantitative estimate of drug-likeness (QED) is 0.817. The molecule has 1 aliphatic heterocycles. The second kappa shape index (κ2) is 8.31. The molecule has 1 aliphatic carbocycles. The van der Waals surface area contributed by atoms with E-state index in [-0.39, 0.29) is 30.4 Å². The highest BCUT2D eigenvalue weighted by atomic mass is 79.9. The van der Waals surface area contributed by atoms with Crippen LogP contribution < -0.4 is 10.9 Å². The van der Waals surface area contributed by atoms with E-state index in [4.69, 9.17) is 0 Å². The van der Waals surface area contributed by atoms with Gasteiger partial charge in [-0.1, -0.05) is 0 Å². The average molecular weight is 405 g/mol. The summed E-state index contributed by atoms with van der Waals surface area (Å²) < 4.78 is 2.27. The lowest BCUT2D eigenvalue weighted by Gasteiger charge is -2.32. The van der Waals surface area contributed by atoms with E-state index >= 15 is 0 Å². The first kappa shape index (κ1) is 18.5. The Kier molecular flexibility index (Phi) is 6.68. The number of hydrogen-bond donors (Lipinski definition) is 1. The summed E-state index contributed by atoms with van der Waals surface area (Å²) in [7, 11) is 0. The lowest BCUT2D eigenvalue weighted by atomic mass is 10.0. The number of likely N-dealkylation sites (tertiary alicyclic amines) is 1. The lowest BCUT2D eigenvalue weighted by Crippen LogP contribution is -2.46. The molecule has 1 aromatic heterocycles. The molecule has 1 saturated heterocycles. The third kappa shape index (κ3) is 5.33. The number of halogens is 2. The van der Waals surface area contributed by atoms with Gasteiger partial charge in [0.25, 0.3) is 5.56 Å². The van der Waals surface area contributed by atoms with Crippen molar-refractivity contribution in [2.75, 3.05) is 19.6 Å². The maximum atomic E-state index is 12.3. The molecule has 0 aromatic carbocycles. The Balaban J connectivity index is 0.00000192. The minimum Gasteiger partial charge on any atom is -0.341 e. The fraction of sp³-hybridized carbons (Fsp3) is 0.625. The molecule has 128 valence electrons. The number of carbonyl (C=O) groups is 1. The summed E-state index contributed by atoms with van der Waals surface area (Å²) in [5.74, 6) is 0.920. The predicted octanol–water partition coefficient (Wildman–Crippen LogP) is 2.02. The zero-order valence-corrected chi connectivity index (χ0v) is 15.4. The van der Waals surface area contributed by atoms with Gasteiger partial charge >= 0.3 is 0 Å². The summed E-state index contributed by atoms with van der Waals surface area (Å²) >= 11 is 3.33. The molecule has 0 radical (unpaired) electrons. The van der Waals surface area contributed by atoms with Crippen LogP contribution in [0.25, 0.3) is 0 Å². The van der Waals surface area contributed by atoms with Crippen LogP contribution in [0.1, 0.15) is 25.7 Å². The van der Waals surface area contributed by atoms with E-state index in [0.29, 0.717) is 6.04 Å². The number of nitrogens with one attached hydrogen (secondary N) is 1. The van der Waals surface area contributed by atoms with E-state index in [1.165, 1.54) is 23.5 Å². The second-order valence-corrected chi connectivity index (χ2v) is 7.24. The molecule has 7 heteroatoms. The first-order valence-corrected chi connectivity index (χ1v) is 8.78. The Hall–Kier alpha value is -0.850. The topological polar surface area (TPSA) is 54.3 Å². The van der Waals surface area contributed by atoms with Crippen molar-refractivity contribution in [2.24, 2.45) is 5.92 Å². The molecular weight excluding hydrogens is 382 g/mol. The minimum atomic E-state index is -0.141. The number of hydrogen-bond acceptors (Lipinski definition) is 3. The normalized spacial score (nSPS) is 18.6. The number of aromatic nitrogens is 1. The number of carbonyl (C=O) groups excluding carboxylic acids is 1. The molecule has 0 atom stereocenters. The Morgan fingerprint density at radius 1 is 1.22 bits per heavy atom. The smallest absolute Gasteiger partial charge is 0.251 e. The van der Waals surface area contributed by atoms with Crippen LogP contribution in [0.4, 0.5) is 0 Å². The summed E-state index contributed by atoms with van der Waals surface area (Å²) in [6.07, 6.45) is 6.42. The van der Waals surface area contributed by atoms with Crippen LogP contribution >= 0.6 is 28.3 Å². The van der Waals surface area contributed by atoms with Gasteiger partial charge in [0.2, 0.25) is 5.91 Å². The predicted molar refractivity (Wildman–Crippen MR) is 96.0 cm³/mol. The van der Waals surface area contributed by atoms with Gasteiger partial charge in [-0.15, -0.1) is 12.4 Å². The van der Waals surface area contributed by atoms with Crippen molar-refractivity contribution in [1.82, 2.24) is 14.8 Å². The summed E-state index contributed by atoms with van der Waals surface area (Å²) in [5, 5.41) is 3.61. The molecule has 1 amide bonds. The Morgan fingerprint density at radius 2 is 1.91 bits per heavy atom. The molecule has 0 unspecified atom stereocenters. The first-order valence-electron chi connectivity index (χ1n) is 7.99. The van der Waals surface area contributed by atoms with Crippen molar-refractivity contribution in [1.29, 1.82) is 0 Å². The van der Waals surface area contributed by atoms with Gasteiger partial charge in [0.15, 0.2) is 0 Å². The van der Waals surface area contributed by atoms with Crippen LogP contribution in [-0.2, 0) is 11.3 Å². The SMILES string of the molecule is Cl.O=C(Cn1cc(Br)ccc1=O)N1CCC(NCC2CC2)CC1.